The summed E-state index contributed by atoms with van der Waals surface area (Å²) < 4.78 is 0. The summed E-state index contributed by atoms with van der Waals surface area (Å²) in [6.07, 6.45) is 9.47. The van der Waals surface area contributed by atoms with Crippen molar-refractivity contribution in [2.24, 2.45) is 5.92 Å². The quantitative estimate of drug-likeness (QED) is 0.838. The Labute approximate surface area is 102 Å². The lowest BCUT2D eigenvalue weighted by molar-refractivity contribution is 0.0944. The molecule has 1 aromatic rings. The maximum Gasteiger partial charge on any atom is 0.253 e. The molecule has 92 valence electrons. The third-order valence-electron chi connectivity index (χ3n) is 3.37. The molecule has 1 aliphatic carbocycles. The molecule has 1 heterocycles. The van der Waals surface area contributed by atoms with E-state index in [0.717, 1.165) is 6.54 Å². The number of anilines is 1. The lowest BCUT2D eigenvalue weighted by Crippen LogP contribution is -2.30. The van der Waals surface area contributed by atoms with Crippen LogP contribution in [0.3, 0.4) is 0 Å². The Morgan fingerprint density at radius 3 is 2.88 bits per heavy atom. The molecule has 1 fully saturated rings. The average molecular weight is 233 g/mol. The monoisotopic (exact) mass is 233 g/mol. The summed E-state index contributed by atoms with van der Waals surface area (Å²) in [5.41, 5.74) is 6.67. The molecule has 1 aromatic heterocycles. The number of nitrogen functional groups attached to an aromatic ring is 1. The van der Waals surface area contributed by atoms with Crippen LogP contribution < -0.4 is 11.1 Å². The van der Waals surface area contributed by atoms with Crippen molar-refractivity contribution in [1.82, 2.24) is 10.3 Å². The fraction of sp³-hybridized carbons (Fsp3) is 0.538. The predicted octanol–water partition coefficient (Wildman–Crippen LogP) is 1.97. The molecule has 0 aromatic carbocycles. The second-order valence-corrected chi connectivity index (χ2v) is 4.68. The van der Waals surface area contributed by atoms with E-state index in [-0.39, 0.29) is 5.91 Å². The second kappa shape index (κ2) is 5.66. The van der Waals surface area contributed by atoms with Crippen molar-refractivity contribution in [1.29, 1.82) is 0 Å². The van der Waals surface area contributed by atoms with Crippen molar-refractivity contribution in [3.63, 3.8) is 0 Å². The van der Waals surface area contributed by atoms with Gasteiger partial charge in [0.05, 0.1) is 17.4 Å². The zero-order valence-electron chi connectivity index (χ0n) is 9.98. The van der Waals surface area contributed by atoms with Crippen LogP contribution in [0.25, 0.3) is 0 Å². The molecule has 4 heteroatoms. The fourth-order valence-electron chi connectivity index (χ4n) is 2.34. The van der Waals surface area contributed by atoms with E-state index >= 15 is 0 Å². The molecular weight excluding hydrogens is 214 g/mol. The number of pyridine rings is 1. The predicted molar refractivity (Wildman–Crippen MR) is 67.6 cm³/mol. The van der Waals surface area contributed by atoms with Gasteiger partial charge in [0.25, 0.3) is 5.91 Å². The number of amides is 1. The van der Waals surface area contributed by atoms with Crippen LogP contribution in [0, 0.1) is 5.92 Å². The van der Waals surface area contributed by atoms with Gasteiger partial charge in [0.15, 0.2) is 0 Å². The Bertz CT molecular complexity index is 386. The summed E-state index contributed by atoms with van der Waals surface area (Å²) in [6.45, 7) is 0.764. The number of nitrogens with two attached hydrogens (primary N) is 1. The van der Waals surface area contributed by atoms with E-state index in [9.17, 15) is 4.79 Å². The Hall–Kier alpha value is -1.58. The van der Waals surface area contributed by atoms with Crippen LogP contribution in [0.5, 0.6) is 0 Å². The van der Waals surface area contributed by atoms with Gasteiger partial charge in [-0.15, -0.1) is 0 Å². The molecule has 3 N–H and O–H groups in total. The zero-order chi connectivity index (χ0) is 12.1. The summed E-state index contributed by atoms with van der Waals surface area (Å²) in [5, 5.41) is 2.96. The number of rotatable bonds is 3. The molecule has 0 bridgehead atoms. The van der Waals surface area contributed by atoms with Crippen LogP contribution in [-0.2, 0) is 0 Å². The molecule has 4 nitrogen and oxygen atoms in total. The summed E-state index contributed by atoms with van der Waals surface area (Å²) in [7, 11) is 0. The zero-order valence-corrected chi connectivity index (χ0v) is 9.98. The molecular formula is C13H19N3O. The maximum atomic E-state index is 11.9. The molecule has 0 saturated heterocycles. The van der Waals surface area contributed by atoms with Gasteiger partial charge in [0.2, 0.25) is 0 Å². The van der Waals surface area contributed by atoms with Crippen LogP contribution >= 0.6 is 0 Å². The normalized spacial score (nSPS) is 16.7. The van der Waals surface area contributed by atoms with Crippen molar-refractivity contribution in [3.05, 3.63) is 24.0 Å². The molecule has 0 radical (unpaired) electrons. The first-order chi connectivity index (χ1) is 8.27. The summed E-state index contributed by atoms with van der Waals surface area (Å²) >= 11 is 0. The van der Waals surface area contributed by atoms with Crippen LogP contribution in [0.2, 0.25) is 0 Å². The molecule has 1 saturated carbocycles. The Balaban J connectivity index is 1.87. The largest absolute Gasteiger partial charge is 0.397 e. The highest BCUT2D eigenvalue weighted by Gasteiger charge is 2.15. The minimum absolute atomic E-state index is 0.0875. The number of nitrogens with zero attached hydrogens (tertiary/aromatic N) is 1. The van der Waals surface area contributed by atoms with Gasteiger partial charge in [-0.05, 0) is 24.8 Å². The first-order valence-corrected chi connectivity index (χ1v) is 6.25. The van der Waals surface area contributed by atoms with E-state index < -0.39 is 0 Å². The third-order valence-corrected chi connectivity index (χ3v) is 3.37. The number of nitrogens with one attached hydrogen (secondary N) is 1. The van der Waals surface area contributed by atoms with E-state index in [1.807, 2.05) is 0 Å². The first-order valence-electron chi connectivity index (χ1n) is 6.25. The summed E-state index contributed by atoms with van der Waals surface area (Å²) in [5.74, 6) is 0.547. The number of carbonyl (C=O) groups excluding carboxylic acids is 1. The first kappa shape index (κ1) is 11.9. The van der Waals surface area contributed by atoms with Crippen LogP contribution in [0.4, 0.5) is 5.69 Å². The van der Waals surface area contributed by atoms with Gasteiger partial charge in [0, 0.05) is 12.7 Å². The Morgan fingerprint density at radius 2 is 2.18 bits per heavy atom. The number of aromatic nitrogens is 1. The average Bonchev–Trinajstić information content (AvgIpc) is 2.38. The van der Waals surface area contributed by atoms with Crippen LogP contribution in [0.15, 0.2) is 18.5 Å². The number of hydrogen-bond acceptors (Lipinski definition) is 3. The number of hydrogen-bond donors (Lipinski definition) is 2. The molecule has 0 spiro atoms. The molecule has 1 amide bonds. The van der Waals surface area contributed by atoms with E-state index in [1.54, 1.807) is 12.3 Å². The van der Waals surface area contributed by atoms with Crippen molar-refractivity contribution < 1.29 is 4.79 Å². The van der Waals surface area contributed by atoms with Gasteiger partial charge >= 0.3 is 0 Å². The maximum absolute atomic E-state index is 11.9. The smallest absolute Gasteiger partial charge is 0.253 e. The Kier molecular flexibility index (Phi) is 3.96. The minimum atomic E-state index is -0.0875. The topological polar surface area (TPSA) is 68.0 Å². The molecule has 17 heavy (non-hydrogen) atoms. The van der Waals surface area contributed by atoms with Crippen LogP contribution in [0.1, 0.15) is 42.5 Å². The highest BCUT2D eigenvalue weighted by molar-refractivity contribution is 5.98. The lowest BCUT2D eigenvalue weighted by Gasteiger charge is -2.21. The fourth-order valence-corrected chi connectivity index (χ4v) is 2.34. The summed E-state index contributed by atoms with van der Waals surface area (Å²) in [6, 6.07) is 1.66. The third kappa shape index (κ3) is 3.19. The molecule has 0 atom stereocenters. The molecule has 0 unspecified atom stereocenters. The van der Waals surface area contributed by atoms with Gasteiger partial charge in [-0.1, -0.05) is 19.3 Å². The van der Waals surface area contributed by atoms with Gasteiger partial charge in [0.1, 0.15) is 0 Å². The van der Waals surface area contributed by atoms with Crippen molar-refractivity contribution in [2.75, 3.05) is 12.3 Å². The second-order valence-electron chi connectivity index (χ2n) is 4.68. The van der Waals surface area contributed by atoms with Gasteiger partial charge in [-0.25, -0.2) is 0 Å². The van der Waals surface area contributed by atoms with Crippen LogP contribution in [-0.4, -0.2) is 17.4 Å². The highest BCUT2D eigenvalue weighted by Crippen LogP contribution is 2.22. The number of carbonyl (C=O) groups is 1. The van der Waals surface area contributed by atoms with E-state index in [2.05, 4.69) is 10.3 Å². The highest BCUT2D eigenvalue weighted by atomic mass is 16.1. The van der Waals surface area contributed by atoms with E-state index in [1.165, 1.54) is 38.3 Å². The minimum Gasteiger partial charge on any atom is -0.397 e. The Morgan fingerprint density at radius 1 is 1.41 bits per heavy atom. The van der Waals surface area contributed by atoms with Gasteiger partial charge in [-0.3, -0.25) is 9.78 Å². The molecule has 1 aliphatic rings. The molecule has 0 aliphatic heterocycles. The van der Waals surface area contributed by atoms with Crippen molar-refractivity contribution in [3.8, 4) is 0 Å². The molecule has 2 rings (SSSR count). The van der Waals surface area contributed by atoms with Crippen molar-refractivity contribution >= 4 is 11.6 Å². The van der Waals surface area contributed by atoms with Crippen molar-refractivity contribution in [2.45, 2.75) is 32.1 Å². The van der Waals surface area contributed by atoms with Gasteiger partial charge in [-0.2, -0.15) is 0 Å². The SMILES string of the molecule is Nc1cnccc1C(=O)NCC1CCCCC1. The van der Waals surface area contributed by atoms with E-state index in [4.69, 9.17) is 5.73 Å². The lowest BCUT2D eigenvalue weighted by atomic mass is 9.89. The standard InChI is InChI=1S/C13H19N3O/c14-12-9-15-7-6-11(12)13(17)16-8-10-4-2-1-3-5-10/h6-7,9-10H,1-5,8,14H2,(H,16,17). The van der Waals surface area contributed by atoms with Gasteiger partial charge < -0.3 is 11.1 Å². The van der Waals surface area contributed by atoms with E-state index in [0.29, 0.717) is 17.2 Å². The summed E-state index contributed by atoms with van der Waals surface area (Å²) in [4.78, 5) is 15.8.